The summed E-state index contributed by atoms with van der Waals surface area (Å²) in [6, 6.07) is 3.64. The fourth-order valence-corrected chi connectivity index (χ4v) is 2.34. The van der Waals surface area contributed by atoms with Crippen LogP contribution in [0, 0.1) is 5.92 Å². The average molecular weight is 262 g/mol. The van der Waals surface area contributed by atoms with Gasteiger partial charge in [0, 0.05) is 11.7 Å². The minimum absolute atomic E-state index is 0.221. The Balaban J connectivity index is 2.20. The van der Waals surface area contributed by atoms with Gasteiger partial charge in [0.2, 0.25) is 0 Å². The van der Waals surface area contributed by atoms with Crippen molar-refractivity contribution in [3.63, 3.8) is 0 Å². The third-order valence-electron chi connectivity index (χ3n) is 3.92. The van der Waals surface area contributed by atoms with E-state index in [-0.39, 0.29) is 5.92 Å². The summed E-state index contributed by atoms with van der Waals surface area (Å²) < 4.78 is 0. The Morgan fingerprint density at radius 2 is 2.05 bits per heavy atom. The van der Waals surface area contributed by atoms with Crippen molar-refractivity contribution in [1.29, 1.82) is 0 Å². The van der Waals surface area contributed by atoms with Crippen LogP contribution in [-0.4, -0.2) is 22.1 Å². The molecule has 1 aliphatic carbocycles. The van der Waals surface area contributed by atoms with Crippen molar-refractivity contribution in [2.45, 2.75) is 52.0 Å². The molecule has 1 fully saturated rings. The van der Waals surface area contributed by atoms with Gasteiger partial charge in [-0.2, -0.15) is 0 Å². The number of hydrogen-bond donors (Lipinski definition) is 2. The molecule has 0 radical (unpaired) electrons. The lowest BCUT2D eigenvalue weighted by atomic mass is 9.80. The van der Waals surface area contributed by atoms with E-state index >= 15 is 0 Å². The Morgan fingerprint density at radius 1 is 1.37 bits per heavy atom. The molecule has 1 atom stereocenters. The van der Waals surface area contributed by atoms with Gasteiger partial charge in [0.05, 0.1) is 5.56 Å². The topological polar surface area (TPSA) is 62.2 Å². The Morgan fingerprint density at radius 3 is 2.53 bits per heavy atom. The minimum Gasteiger partial charge on any atom is -0.478 e. The Kier molecular flexibility index (Phi) is 4.08. The van der Waals surface area contributed by atoms with Crippen LogP contribution in [0.3, 0.4) is 0 Å². The molecule has 19 heavy (non-hydrogen) atoms. The SMILES string of the molecule is CC(C)c1cc(C(=O)O)cc(NC(C)C2CCC2)n1. The first kappa shape index (κ1) is 13.8. The number of anilines is 1. The third kappa shape index (κ3) is 3.25. The van der Waals surface area contributed by atoms with Crippen LogP contribution in [0.25, 0.3) is 0 Å². The van der Waals surface area contributed by atoms with Crippen LogP contribution < -0.4 is 5.32 Å². The van der Waals surface area contributed by atoms with Crippen LogP contribution >= 0.6 is 0 Å². The molecular weight excluding hydrogens is 240 g/mol. The molecule has 0 aliphatic heterocycles. The van der Waals surface area contributed by atoms with Crippen LogP contribution in [0.4, 0.5) is 5.82 Å². The van der Waals surface area contributed by atoms with Crippen molar-refractivity contribution in [3.8, 4) is 0 Å². The number of rotatable bonds is 5. The highest BCUT2D eigenvalue weighted by Gasteiger charge is 2.24. The number of pyridine rings is 1. The van der Waals surface area contributed by atoms with Crippen molar-refractivity contribution in [3.05, 3.63) is 23.4 Å². The zero-order chi connectivity index (χ0) is 14.0. The summed E-state index contributed by atoms with van der Waals surface area (Å²) >= 11 is 0. The summed E-state index contributed by atoms with van der Waals surface area (Å²) in [5, 5.41) is 12.5. The molecule has 104 valence electrons. The first-order valence-electron chi connectivity index (χ1n) is 6.99. The van der Waals surface area contributed by atoms with E-state index in [1.165, 1.54) is 19.3 Å². The van der Waals surface area contributed by atoms with Crippen molar-refractivity contribution < 1.29 is 9.90 Å². The fraction of sp³-hybridized carbons (Fsp3) is 0.600. The van der Waals surface area contributed by atoms with E-state index in [1.54, 1.807) is 12.1 Å². The molecule has 0 saturated heterocycles. The fourth-order valence-electron chi connectivity index (χ4n) is 2.34. The second kappa shape index (κ2) is 5.59. The zero-order valence-electron chi connectivity index (χ0n) is 11.8. The van der Waals surface area contributed by atoms with Crippen LogP contribution in [0.2, 0.25) is 0 Å². The van der Waals surface area contributed by atoms with Gasteiger partial charge in [-0.05, 0) is 43.7 Å². The molecule has 1 unspecified atom stereocenters. The number of carboxylic acids is 1. The normalized spacial score (nSPS) is 17.1. The van der Waals surface area contributed by atoms with E-state index < -0.39 is 5.97 Å². The lowest BCUT2D eigenvalue weighted by molar-refractivity contribution is 0.0696. The van der Waals surface area contributed by atoms with E-state index in [9.17, 15) is 4.79 Å². The highest BCUT2D eigenvalue weighted by Crippen LogP contribution is 2.31. The predicted octanol–water partition coefficient (Wildman–Crippen LogP) is 3.50. The molecule has 1 aromatic rings. The Labute approximate surface area is 114 Å². The number of nitrogens with zero attached hydrogens (tertiary/aromatic N) is 1. The van der Waals surface area contributed by atoms with Crippen molar-refractivity contribution in [2.24, 2.45) is 5.92 Å². The summed E-state index contributed by atoms with van der Waals surface area (Å²) in [5.74, 6) is 0.697. The highest BCUT2D eigenvalue weighted by molar-refractivity contribution is 5.88. The number of nitrogens with one attached hydrogen (secondary N) is 1. The molecule has 1 aliphatic rings. The maximum atomic E-state index is 11.2. The molecule has 2 N–H and O–H groups in total. The largest absolute Gasteiger partial charge is 0.478 e. The Bertz CT molecular complexity index is 467. The van der Waals surface area contributed by atoms with Gasteiger partial charge in [0.25, 0.3) is 0 Å². The van der Waals surface area contributed by atoms with E-state index in [0.29, 0.717) is 23.3 Å². The van der Waals surface area contributed by atoms with E-state index in [4.69, 9.17) is 5.11 Å². The molecule has 4 heteroatoms. The molecule has 1 heterocycles. The standard InChI is InChI=1S/C15H22N2O2/c1-9(2)13-7-12(15(18)19)8-14(17-13)16-10(3)11-5-4-6-11/h7-11H,4-6H2,1-3H3,(H,16,17)(H,18,19). The molecule has 2 rings (SSSR count). The second-order valence-corrected chi connectivity index (χ2v) is 5.75. The van der Waals surface area contributed by atoms with Gasteiger partial charge in [-0.25, -0.2) is 9.78 Å². The van der Waals surface area contributed by atoms with Gasteiger partial charge in [0.1, 0.15) is 5.82 Å². The Hall–Kier alpha value is -1.58. The summed E-state index contributed by atoms with van der Waals surface area (Å²) in [5.41, 5.74) is 1.13. The summed E-state index contributed by atoms with van der Waals surface area (Å²) in [6.45, 7) is 6.19. The number of aromatic nitrogens is 1. The molecule has 0 amide bonds. The van der Waals surface area contributed by atoms with Crippen molar-refractivity contribution >= 4 is 11.8 Å². The summed E-state index contributed by atoms with van der Waals surface area (Å²) in [6.07, 6.45) is 3.81. The molecule has 1 saturated carbocycles. The van der Waals surface area contributed by atoms with Gasteiger partial charge in [-0.3, -0.25) is 0 Å². The van der Waals surface area contributed by atoms with Gasteiger partial charge < -0.3 is 10.4 Å². The van der Waals surface area contributed by atoms with E-state index in [0.717, 1.165) is 5.69 Å². The molecule has 4 nitrogen and oxygen atoms in total. The molecule has 0 spiro atoms. The number of carbonyl (C=O) groups is 1. The quantitative estimate of drug-likeness (QED) is 0.852. The summed E-state index contributed by atoms with van der Waals surface area (Å²) in [7, 11) is 0. The van der Waals surface area contributed by atoms with Gasteiger partial charge in [-0.15, -0.1) is 0 Å². The predicted molar refractivity (Wildman–Crippen MR) is 75.7 cm³/mol. The van der Waals surface area contributed by atoms with Crippen LogP contribution in [-0.2, 0) is 0 Å². The lowest BCUT2D eigenvalue weighted by Crippen LogP contribution is -2.31. The molecule has 0 aromatic carbocycles. The number of aromatic carboxylic acids is 1. The minimum atomic E-state index is -0.899. The van der Waals surface area contributed by atoms with E-state index in [1.807, 2.05) is 13.8 Å². The summed E-state index contributed by atoms with van der Waals surface area (Å²) in [4.78, 5) is 15.7. The van der Waals surface area contributed by atoms with Gasteiger partial charge >= 0.3 is 5.97 Å². The van der Waals surface area contributed by atoms with Gasteiger partial charge in [0.15, 0.2) is 0 Å². The first-order chi connectivity index (χ1) is 8.97. The number of carboxylic acid groups (broad SMARTS) is 1. The van der Waals surface area contributed by atoms with Crippen LogP contribution in [0.5, 0.6) is 0 Å². The second-order valence-electron chi connectivity index (χ2n) is 5.75. The zero-order valence-corrected chi connectivity index (χ0v) is 11.8. The maximum absolute atomic E-state index is 11.2. The third-order valence-corrected chi connectivity index (χ3v) is 3.92. The molecule has 1 aromatic heterocycles. The van der Waals surface area contributed by atoms with Crippen LogP contribution in [0.15, 0.2) is 12.1 Å². The van der Waals surface area contributed by atoms with E-state index in [2.05, 4.69) is 17.2 Å². The molecule has 0 bridgehead atoms. The van der Waals surface area contributed by atoms with Crippen molar-refractivity contribution in [1.82, 2.24) is 4.98 Å². The van der Waals surface area contributed by atoms with Gasteiger partial charge in [-0.1, -0.05) is 20.3 Å². The smallest absolute Gasteiger partial charge is 0.335 e. The molecular formula is C15H22N2O2. The maximum Gasteiger partial charge on any atom is 0.335 e. The number of hydrogen-bond acceptors (Lipinski definition) is 3. The average Bonchev–Trinajstić information content (AvgIpc) is 2.25. The van der Waals surface area contributed by atoms with Crippen LogP contribution in [0.1, 0.15) is 62.0 Å². The highest BCUT2D eigenvalue weighted by atomic mass is 16.4. The first-order valence-corrected chi connectivity index (χ1v) is 6.99. The lowest BCUT2D eigenvalue weighted by Gasteiger charge is -2.32. The monoisotopic (exact) mass is 262 g/mol. The van der Waals surface area contributed by atoms with Crippen molar-refractivity contribution in [2.75, 3.05) is 5.32 Å².